The van der Waals surface area contributed by atoms with E-state index in [9.17, 15) is 14.4 Å². The first kappa shape index (κ1) is 21.1. The van der Waals surface area contributed by atoms with Crippen molar-refractivity contribution >= 4 is 22.6 Å². The van der Waals surface area contributed by atoms with Gasteiger partial charge in [0.2, 0.25) is 5.91 Å². The van der Waals surface area contributed by atoms with Crippen molar-refractivity contribution in [3.63, 3.8) is 0 Å². The minimum Gasteiger partial charge on any atom is -0.378 e. The third-order valence-electron chi connectivity index (χ3n) is 4.95. The molecule has 0 bridgehead atoms. The van der Waals surface area contributed by atoms with Gasteiger partial charge in [-0.25, -0.2) is 0 Å². The fourth-order valence-corrected chi connectivity index (χ4v) is 3.32. The van der Waals surface area contributed by atoms with E-state index in [1.165, 1.54) is 9.13 Å². The number of benzene rings is 2. The highest BCUT2D eigenvalue weighted by Crippen LogP contribution is 2.13. The van der Waals surface area contributed by atoms with E-state index in [4.69, 9.17) is 0 Å². The third kappa shape index (κ3) is 4.51. The van der Waals surface area contributed by atoms with Crippen molar-refractivity contribution in [3.8, 4) is 0 Å². The van der Waals surface area contributed by atoms with Crippen molar-refractivity contribution in [1.82, 2.24) is 14.5 Å². The molecule has 3 aromatic rings. The predicted octanol–water partition coefficient (Wildman–Crippen LogP) is 2.12. The van der Waals surface area contributed by atoms with Crippen molar-refractivity contribution < 1.29 is 4.79 Å². The first-order valence-corrected chi connectivity index (χ1v) is 9.78. The van der Waals surface area contributed by atoms with Crippen LogP contribution in [0.5, 0.6) is 0 Å². The minimum absolute atomic E-state index is 0.102. The highest BCUT2D eigenvalue weighted by molar-refractivity contribution is 5.77. The Hall–Kier alpha value is -3.61. The molecule has 156 valence electrons. The summed E-state index contributed by atoms with van der Waals surface area (Å²) in [5, 5.41) is 2.87. The first-order chi connectivity index (χ1) is 14.4. The maximum absolute atomic E-state index is 12.6. The second-order valence-electron chi connectivity index (χ2n) is 7.24. The van der Waals surface area contributed by atoms with E-state index < -0.39 is 11.1 Å². The Balaban J connectivity index is 1.72. The van der Waals surface area contributed by atoms with Gasteiger partial charge in [-0.15, -0.1) is 6.58 Å². The van der Waals surface area contributed by atoms with Gasteiger partial charge in [0.25, 0.3) is 0 Å². The number of aromatic nitrogens is 2. The van der Waals surface area contributed by atoms with Crippen LogP contribution in [0.2, 0.25) is 0 Å². The van der Waals surface area contributed by atoms with Gasteiger partial charge in [0.05, 0.1) is 11.0 Å². The summed E-state index contributed by atoms with van der Waals surface area (Å²) in [5.41, 5.74) is 2.09. The fourth-order valence-electron chi connectivity index (χ4n) is 3.32. The average Bonchev–Trinajstić information content (AvgIpc) is 2.75. The highest BCUT2D eigenvalue weighted by Gasteiger charge is 2.13. The van der Waals surface area contributed by atoms with Crippen LogP contribution in [-0.4, -0.2) is 29.1 Å². The lowest BCUT2D eigenvalue weighted by Crippen LogP contribution is -2.42. The van der Waals surface area contributed by atoms with Gasteiger partial charge in [-0.05, 0) is 29.8 Å². The maximum atomic E-state index is 12.6. The summed E-state index contributed by atoms with van der Waals surface area (Å²) in [7, 11) is 3.94. The average molecular weight is 406 g/mol. The van der Waals surface area contributed by atoms with Crippen LogP contribution in [-0.2, 0) is 24.4 Å². The van der Waals surface area contributed by atoms with Gasteiger partial charge in [-0.3, -0.25) is 19.0 Å². The number of aryl methyl sites for hydroxylation is 1. The van der Waals surface area contributed by atoms with Crippen molar-refractivity contribution in [2.45, 2.75) is 26.1 Å². The van der Waals surface area contributed by atoms with Crippen LogP contribution < -0.4 is 21.3 Å². The van der Waals surface area contributed by atoms with Gasteiger partial charge in [0, 0.05) is 45.8 Å². The number of hydrogen-bond donors (Lipinski definition) is 1. The largest absolute Gasteiger partial charge is 0.378 e. The van der Waals surface area contributed by atoms with Crippen LogP contribution in [0.25, 0.3) is 11.0 Å². The van der Waals surface area contributed by atoms with E-state index >= 15 is 0 Å². The zero-order chi connectivity index (χ0) is 21.7. The molecule has 0 spiro atoms. The number of amides is 1. The lowest BCUT2D eigenvalue weighted by Gasteiger charge is -2.14. The maximum Gasteiger partial charge on any atom is 0.317 e. The molecule has 0 fully saturated rings. The molecule has 1 N–H and O–H groups in total. The SMILES string of the molecule is C=CCn1c(=O)c(=O)n(CCC(=O)NCc2ccc(N(C)C)cc2)c2ccccc21. The smallest absolute Gasteiger partial charge is 0.317 e. The molecule has 0 saturated carbocycles. The molecule has 0 aliphatic heterocycles. The van der Waals surface area contributed by atoms with Gasteiger partial charge in [-0.1, -0.05) is 30.3 Å². The van der Waals surface area contributed by atoms with Crippen LogP contribution >= 0.6 is 0 Å². The minimum atomic E-state index is -0.636. The number of carbonyl (C=O) groups excluding carboxylic acids is 1. The number of hydrogen-bond acceptors (Lipinski definition) is 4. The van der Waals surface area contributed by atoms with Crippen molar-refractivity contribution in [2.24, 2.45) is 0 Å². The van der Waals surface area contributed by atoms with Gasteiger partial charge in [-0.2, -0.15) is 0 Å². The molecule has 0 radical (unpaired) electrons. The van der Waals surface area contributed by atoms with E-state index in [0.29, 0.717) is 17.6 Å². The molecule has 1 aromatic heterocycles. The molecule has 0 unspecified atom stereocenters. The summed E-state index contributed by atoms with van der Waals surface area (Å²) in [6, 6.07) is 15.1. The van der Waals surface area contributed by atoms with Crippen molar-refractivity contribution in [1.29, 1.82) is 0 Å². The Labute approximate surface area is 174 Å². The van der Waals surface area contributed by atoms with Crippen LogP contribution in [0, 0.1) is 0 Å². The van der Waals surface area contributed by atoms with Gasteiger partial charge < -0.3 is 14.8 Å². The first-order valence-electron chi connectivity index (χ1n) is 9.78. The van der Waals surface area contributed by atoms with Gasteiger partial charge in [0.15, 0.2) is 0 Å². The van der Waals surface area contributed by atoms with Gasteiger partial charge in [0.1, 0.15) is 0 Å². The molecule has 7 heteroatoms. The molecule has 0 atom stereocenters. The van der Waals surface area contributed by atoms with E-state index in [0.717, 1.165) is 11.3 Å². The Morgan fingerprint density at radius 1 is 1.00 bits per heavy atom. The Bertz CT molecular complexity index is 1170. The van der Waals surface area contributed by atoms with E-state index in [1.54, 1.807) is 24.3 Å². The quantitative estimate of drug-likeness (QED) is 0.459. The molecule has 30 heavy (non-hydrogen) atoms. The van der Waals surface area contributed by atoms with E-state index in [-0.39, 0.29) is 25.4 Å². The molecule has 7 nitrogen and oxygen atoms in total. The van der Waals surface area contributed by atoms with Crippen LogP contribution in [0.1, 0.15) is 12.0 Å². The van der Waals surface area contributed by atoms with Crippen molar-refractivity contribution in [2.75, 3.05) is 19.0 Å². The van der Waals surface area contributed by atoms with E-state index in [2.05, 4.69) is 11.9 Å². The second-order valence-corrected chi connectivity index (χ2v) is 7.24. The summed E-state index contributed by atoms with van der Waals surface area (Å²) < 4.78 is 2.78. The number of nitrogens with one attached hydrogen (secondary N) is 1. The normalized spacial score (nSPS) is 10.7. The molecule has 1 amide bonds. The molecule has 1 heterocycles. The summed E-state index contributed by atoms with van der Waals surface area (Å²) >= 11 is 0. The number of allylic oxidation sites excluding steroid dienone is 1. The lowest BCUT2D eigenvalue weighted by molar-refractivity contribution is -0.121. The summed E-state index contributed by atoms with van der Waals surface area (Å²) in [4.78, 5) is 39.5. The topological polar surface area (TPSA) is 76.3 Å². The zero-order valence-corrected chi connectivity index (χ0v) is 17.3. The monoisotopic (exact) mass is 406 g/mol. The number of anilines is 1. The standard InChI is InChI=1S/C23H26N4O3/c1-4-14-26-19-7-5-6-8-20(19)27(23(30)22(26)29)15-13-21(28)24-16-17-9-11-18(12-10-17)25(2)3/h4-12H,1,13-16H2,2-3H3,(H,24,28). The molecule has 0 aliphatic carbocycles. The third-order valence-corrected chi connectivity index (χ3v) is 4.95. The molecule has 0 saturated heterocycles. The fraction of sp³-hybridized carbons (Fsp3) is 0.261. The number of fused-ring (bicyclic) bond motifs is 1. The zero-order valence-electron chi connectivity index (χ0n) is 17.3. The molecular formula is C23H26N4O3. The molecular weight excluding hydrogens is 380 g/mol. The number of para-hydroxylation sites is 2. The molecule has 3 rings (SSSR count). The molecule has 2 aromatic carbocycles. The number of rotatable bonds is 8. The predicted molar refractivity (Wildman–Crippen MR) is 120 cm³/mol. The molecule has 0 aliphatic rings. The number of nitrogens with zero attached hydrogens (tertiary/aromatic N) is 3. The summed E-state index contributed by atoms with van der Waals surface area (Å²) in [6.07, 6.45) is 1.68. The van der Waals surface area contributed by atoms with E-state index in [1.807, 2.05) is 49.3 Å². The summed E-state index contributed by atoms with van der Waals surface area (Å²) in [5.74, 6) is -0.182. The summed E-state index contributed by atoms with van der Waals surface area (Å²) in [6.45, 7) is 4.44. The lowest BCUT2D eigenvalue weighted by atomic mass is 10.2. The van der Waals surface area contributed by atoms with Crippen LogP contribution in [0.3, 0.4) is 0 Å². The van der Waals surface area contributed by atoms with Gasteiger partial charge >= 0.3 is 11.1 Å². The van der Waals surface area contributed by atoms with Crippen LogP contribution in [0.15, 0.2) is 70.8 Å². The highest BCUT2D eigenvalue weighted by atomic mass is 16.2. The Kier molecular flexibility index (Phi) is 6.51. The second kappa shape index (κ2) is 9.26. The van der Waals surface area contributed by atoms with Crippen molar-refractivity contribution in [3.05, 3.63) is 87.5 Å². The van der Waals surface area contributed by atoms with Crippen LogP contribution in [0.4, 0.5) is 5.69 Å². The Morgan fingerprint density at radius 3 is 2.20 bits per heavy atom. The number of carbonyl (C=O) groups is 1. The Morgan fingerprint density at radius 2 is 1.60 bits per heavy atom.